The number of carbonyl (C=O) groups excluding carboxylic acids is 2. The summed E-state index contributed by atoms with van der Waals surface area (Å²) in [4.78, 5) is 37.0. The number of hydrogen-bond donors (Lipinski definition) is 5. The van der Waals surface area contributed by atoms with Crippen LogP contribution in [0.25, 0.3) is 10.8 Å². The van der Waals surface area contributed by atoms with Crippen molar-refractivity contribution < 1.29 is 29.8 Å². The van der Waals surface area contributed by atoms with E-state index in [1.165, 1.54) is 5.48 Å². The third-order valence-corrected chi connectivity index (χ3v) is 4.53. The second kappa shape index (κ2) is 10.6. The Morgan fingerprint density at radius 3 is 2.30 bits per heavy atom. The summed E-state index contributed by atoms with van der Waals surface area (Å²) >= 11 is 0. The minimum absolute atomic E-state index is 0.00361. The van der Waals surface area contributed by atoms with Gasteiger partial charge in [-0.15, -0.1) is 0 Å². The number of nitrogens with one attached hydrogen (secondary N) is 2. The lowest BCUT2D eigenvalue weighted by Crippen LogP contribution is -2.53. The first-order valence-corrected chi connectivity index (χ1v) is 9.59. The normalized spacial score (nSPS) is 13.0. The molecule has 30 heavy (non-hydrogen) atoms. The molecule has 0 radical (unpaired) electrons. The number of hydroxylamine groups is 1. The first kappa shape index (κ1) is 23.1. The third kappa shape index (κ3) is 6.43. The van der Waals surface area contributed by atoms with Crippen LogP contribution in [0.1, 0.15) is 19.4 Å². The van der Waals surface area contributed by atoms with E-state index in [9.17, 15) is 24.6 Å². The minimum Gasteiger partial charge on any atom is -0.480 e. The number of urea groups is 1. The molecule has 3 amide bonds. The molecule has 0 aliphatic heterocycles. The summed E-state index contributed by atoms with van der Waals surface area (Å²) in [7, 11) is 0. The molecule has 0 unspecified atom stereocenters. The highest BCUT2D eigenvalue weighted by atomic mass is 16.5. The molecular weight excluding hydrogens is 390 g/mol. The summed E-state index contributed by atoms with van der Waals surface area (Å²) in [6.45, 7) is 3.47. The zero-order chi connectivity index (χ0) is 22.3. The summed E-state index contributed by atoms with van der Waals surface area (Å²) in [6.07, 6.45) is -1.58. The molecule has 0 bridgehead atoms. The molecule has 2 rings (SSSR count). The van der Waals surface area contributed by atoms with Gasteiger partial charge in [0.2, 0.25) is 0 Å². The Morgan fingerprint density at radius 2 is 1.70 bits per heavy atom. The van der Waals surface area contributed by atoms with E-state index in [1.807, 2.05) is 56.3 Å². The summed E-state index contributed by atoms with van der Waals surface area (Å²) in [5, 5.41) is 32.5. The van der Waals surface area contributed by atoms with E-state index in [0.29, 0.717) is 0 Å². The maximum atomic E-state index is 12.7. The number of carbonyl (C=O) groups is 3. The maximum Gasteiger partial charge on any atom is 0.326 e. The standard InChI is InChI=1S/C21H27N3O6/c1-13(2)11-24(12-18(25)19(26)23-30)21(29)22-17(20(27)28)10-14-7-8-15-5-3-4-6-16(15)9-14/h3-9,13,17-18,25,30H,10-12H2,1-2H3,(H,22,29)(H,23,26)(H,27,28)/t17-,18-/m0/s1. The molecule has 0 saturated carbocycles. The van der Waals surface area contributed by atoms with Gasteiger partial charge in [0.25, 0.3) is 5.91 Å². The number of benzene rings is 2. The molecule has 0 spiro atoms. The molecule has 0 aromatic heterocycles. The number of aliphatic hydroxyl groups excluding tert-OH is 1. The Labute approximate surface area is 174 Å². The number of amides is 3. The molecule has 9 nitrogen and oxygen atoms in total. The molecule has 0 fully saturated rings. The van der Waals surface area contributed by atoms with Crippen LogP contribution in [0.2, 0.25) is 0 Å². The fourth-order valence-corrected chi connectivity index (χ4v) is 3.09. The van der Waals surface area contributed by atoms with Crippen LogP contribution in [-0.2, 0) is 16.0 Å². The predicted octanol–water partition coefficient (Wildman–Crippen LogP) is 1.37. The number of aliphatic carboxylic acids is 1. The van der Waals surface area contributed by atoms with Crippen LogP contribution in [0.4, 0.5) is 4.79 Å². The minimum atomic E-state index is -1.65. The fourth-order valence-electron chi connectivity index (χ4n) is 3.09. The second-order valence-corrected chi connectivity index (χ2v) is 7.52. The number of nitrogens with zero attached hydrogens (tertiary/aromatic N) is 1. The van der Waals surface area contributed by atoms with Crippen LogP contribution in [0.3, 0.4) is 0 Å². The molecular formula is C21H27N3O6. The highest BCUT2D eigenvalue weighted by molar-refractivity contribution is 5.85. The van der Waals surface area contributed by atoms with Crippen LogP contribution >= 0.6 is 0 Å². The van der Waals surface area contributed by atoms with Crippen molar-refractivity contribution in [3.8, 4) is 0 Å². The van der Waals surface area contributed by atoms with Crippen molar-refractivity contribution in [2.75, 3.05) is 13.1 Å². The van der Waals surface area contributed by atoms with Gasteiger partial charge < -0.3 is 20.4 Å². The number of fused-ring (bicyclic) bond motifs is 1. The summed E-state index contributed by atoms with van der Waals surface area (Å²) in [5.41, 5.74) is 2.07. The Balaban J connectivity index is 2.14. The van der Waals surface area contributed by atoms with Gasteiger partial charge in [0.15, 0.2) is 6.10 Å². The zero-order valence-electron chi connectivity index (χ0n) is 16.9. The van der Waals surface area contributed by atoms with Gasteiger partial charge in [-0.3, -0.25) is 10.0 Å². The van der Waals surface area contributed by atoms with E-state index in [0.717, 1.165) is 21.2 Å². The molecule has 0 heterocycles. The molecule has 2 aromatic carbocycles. The van der Waals surface area contributed by atoms with E-state index >= 15 is 0 Å². The predicted molar refractivity (Wildman–Crippen MR) is 110 cm³/mol. The molecule has 2 aromatic rings. The highest BCUT2D eigenvalue weighted by Crippen LogP contribution is 2.17. The second-order valence-electron chi connectivity index (χ2n) is 7.52. The van der Waals surface area contributed by atoms with Crippen LogP contribution in [0, 0.1) is 5.92 Å². The number of carboxylic acid groups (broad SMARTS) is 1. The van der Waals surface area contributed by atoms with Gasteiger partial charge in [0.05, 0.1) is 6.54 Å². The van der Waals surface area contributed by atoms with Gasteiger partial charge in [0, 0.05) is 13.0 Å². The van der Waals surface area contributed by atoms with Gasteiger partial charge in [-0.2, -0.15) is 0 Å². The molecule has 9 heteroatoms. The molecule has 0 aliphatic rings. The number of hydrogen-bond acceptors (Lipinski definition) is 5. The van der Waals surface area contributed by atoms with Crippen LogP contribution in [-0.4, -0.2) is 63.5 Å². The molecule has 2 atom stereocenters. The quantitative estimate of drug-likeness (QED) is 0.308. The molecule has 0 saturated heterocycles. The van der Waals surface area contributed by atoms with E-state index in [2.05, 4.69) is 5.32 Å². The Hall–Kier alpha value is -3.17. The van der Waals surface area contributed by atoms with E-state index < -0.39 is 36.6 Å². The molecule has 5 N–H and O–H groups in total. The number of carboxylic acids is 1. The maximum absolute atomic E-state index is 12.7. The summed E-state index contributed by atoms with van der Waals surface area (Å²) in [6, 6.07) is 11.3. The lowest BCUT2D eigenvalue weighted by atomic mass is 10.0. The average Bonchev–Trinajstić information content (AvgIpc) is 2.71. The van der Waals surface area contributed by atoms with Crippen LogP contribution in [0.15, 0.2) is 42.5 Å². The molecule has 0 aliphatic carbocycles. The van der Waals surface area contributed by atoms with Crippen molar-refractivity contribution in [3.05, 3.63) is 48.0 Å². The van der Waals surface area contributed by atoms with Crippen LogP contribution < -0.4 is 10.8 Å². The van der Waals surface area contributed by atoms with Crippen molar-refractivity contribution in [2.24, 2.45) is 5.92 Å². The monoisotopic (exact) mass is 417 g/mol. The largest absolute Gasteiger partial charge is 0.480 e. The highest BCUT2D eigenvalue weighted by Gasteiger charge is 2.27. The SMILES string of the molecule is CC(C)CN(C[C@H](O)C(=O)NO)C(=O)N[C@@H](Cc1ccc2ccccc2c1)C(=O)O. The number of rotatable bonds is 9. The Bertz CT molecular complexity index is 901. The van der Waals surface area contributed by atoms with E-state index in [1.54, 1.807) is 0 Å². The zero-order valence-corrected chi connectivity index (χ0v) is 16.9. The van der Waals surface area contributed by atoms with Gasteiger partial charge >= 0.3 is 12.0 Å². The van der Waals surface area contributed by atoms with Gasteiger partial charge in [-0.05, 0) is 22.3 Å². The van der Waals surface area contributed by atoms with Crippen molar-refractivity contribution in [3.63, 3.8) is 0 Å². The van der Waals surface area contributed by atoms with Gasteiger partial charge in [-0.1, -0.05) is 56.3 Å². The number of aliphatic hydroxyl groups is 1. The molecule has 162 valence electrons. The lowest BCUT2D eigenvalue weighted by Gasteiger charge is -2.28. The van der Waals surface area contributed by atoms with Crippen molar-refractivity contribution in [2.45, 2.75) is 32.4 Å². The Morgan fingerprint density at radius 1 is 1.03 bits per heavy atom. The van der Waals surface area contributed by atoms with Crippen molar-refractivity contribution in [1.29, 1.82) is 0 Å². The Kier molecular flexibility index (Phi) is 8.14. The summed E-state index contributed by atoms with van der Waals surface area (Å²) in [5.74, 6) is -2.25. The first-order chi connectivity index (χ1) is 14.2. The smallest absolute Gasteiger partial charge is 0.326 e. The first-order valence-electron chi connectivity index (χ1n) is 9.59. The third-order valence-electron chi connectivity index (χ3n) is 4.53. The average molecular weight is 417 g/mol. The van der Waals surface area contributed by atoms with E-state index in [-0.39, 0.29) is 18.9 Å². The van der Waals surface area contributed by atoms with Crippen molar-refractivity contribution in [1.82, 2.24) is 15.7 Å². The topological polar surface area (TPSA) is 139 Å². The lowest BCUT2D eigenvalue weighted by molar-refractivity contribution is -0.140. The van der Waals surface area contributed by atoms with Crippen LogP contribution in [0.5, 0.6) is 0 Å². The fraction of sp³-hybridized carbons (Fsp3) is 0.381. The van der Waals surface area contributed by atoms with Gasteiger partial charge in [-0.25, -0.2) is 15.1 Å². The van der Waals surface area contributed by atoms with Crippen molar-refractivity contribution >= 4 is 28.7 Å². The van der Waals surface area contributed by atoms with E-state index in [4.69, 9.17) is 5.21 Å². The summed E-state index contributed by atoms with van der Waals surface area (Å²) < 4.78 is 0. The van der Waals surface area contributed by atoms with Gasteiger partial charge in [0.1, 0.15) is 6.04 Å².